The Morgan fingerprint density at radius 3 is 2.86 bits per heavy atom. The second kappa shape index (κ2) is 4.56. The molecule has 0 fully saturated rings. The molecule has 1 aromatic heterocycles. The number of rotatable bonds is 3. The van der Waals surface area contributed by atoms with E-state index in [1.807, 2.05) is 6.92 Å². The summed E-state index contributed by atoms with van der Waals surface area (Å²) in [5.41, 5.74) is -0.393. The van der Waals surface area contributed by atoms with Gasteiger partial charge in [-0.1, -0.05) is 0 Å². The van der Waals surface area contributed by atoms with Crippen molar-refractivity contribution in [3.8, 4) is 5.88 Å². The summed E-state index contributed by atoms with van der Waals surface area (Å²) < 4.78 is 5.06. The van der Waals surface area contributed by atoms with E-state index >= 15 is 0 Å². The van der Waals surface area contributed by atoms with Crippen LogP contribution in [0.2, 0.25) is 0 Å². The number of H-pyrrole nitrogens is 1. The lowest BCUT2D eigenvalue weighted by Gasteiger charge is -2.08. The van der Waals surface area contributed by atoms with Crippen molar-refractivity contribution >= 4 is 15.9 Å². The van der Waals surface area contributed by atoms with E-state index < -0.39 is 5.56 Å². The third kappa shape index (κ3) is 2.55. The molecule has 0 spiro atoms. The maximum absolute atomic E-state index is 11.2. The Balaban J connectivity index is 2.96. The lowest BCUT2D eigenvalue weighted by atomic mass is 10.3. The minimum atomic E-state index is -0.393. The monoisotopic (exact) mass is 262 g/mol. The van der Waals surface area contributed by atoms with Crippen LogP contribution in [0.1, 0.15) is 12.7 Å². The number of aromatic hydroxyl groups is 1. The first-order chi connectivity index (χ1) is 6.54. The van der Waals surface area contributed by atoms with Crippen LogP contribution in [0.5, 0.6) is 5.88 Å². The minimum absolute atomic E-state index is 0.0475. The predicted molar refractivity (Wildman–Crippen MR) is 54.4 cm³/mol. The largest absolute Gasteiger partial charge is 0.492 e. The van der Waals surface area contributed by atoms with Crippen molar-refractivity contribution in [3.05, 3.63) is 20.7 Å². The highest BCUT2D eigenvalue weighted by atomic mass is 79.9. The first kappa shape index (κ1) is 11.2. The summed E-state index contributed by atoms with van der Waals surface area (Å²) in [6.45, 7) is 1.85. The summed E-state index contributed by atoms with van der Waals surface area (Å²) in [6.07, 6.45) is 0.394. The molecule has 0 aromatic carbocycles. The number of nitrogens with one attached hydrogen (secondary N) is 1. The van der Waals surface area contributed by atoms with Crippen molar-refractivity contribution in [3.63, 3.8) is 0 Å². The first-order valence-corrected chi connectivity index (χ1v) is 4.84. The SMILES string of the molecule is COC(C)Cc1nc(O)c(Br)c(=O)[nH]1. The lowest BCUT2D eigenvalue weighted by molar-refractivity contribution is 0.117. The second-order valence-electron chi connectivity index (χ2n) is 2.90. The van der Waals surface area contributed by atoms with E-state index in [0.29, 0.717) is 12.2 Å². The van der Waals surface area contributed by atoms with Crippen LogP contribution >= 0.6 is 15.9 Å². The molecule has 2 N–H and O–H groups in total. The molecule has 0 amide bonds. The van der Waals surface area contributed by atoms with Gasteiger partial charge in [-0.25, -0.2) is 0 Å². The number of aromatic amines is 1. The Kier molecular flexibility index (Phi) is 3.65. The van der Waals surface area contributed by atoms with Gasteiger partial charge >= 0.3 is 0 Å². The number of hydrogen-bond donors (Lipinski definition) is 2. The van der Waals surface area contributed by atoms with Crippen LogP contribution in [0.15, 0.2) is 9.27 Å². The predicted octanol–water partition coefficient (Wildman–Crippen LogP) is 0.815. The van der Waals surface area contributed by atoms with Crippen molar-refractivity contribution < 1.29 is 9.84 Å². The number of hydrogen-bond acceptors (Lipinski definition) is 4. The van der Waals surface area contributed by atoms with E-state index in [1.165, 1.54) is 0 Å². The molecule has 1 rings (SSSR count). The number of ether oxygens (including phenoxy) is 1. The summed E-state index contributed by atoms with van der Waals surface area (Å²) in [4.78, 5) is 17.5. The standard InChI is InChI=1S/C8H11BrN2O3/c1-4(14-2)3-5-10-7(12)6(9)8(13)11-5/h4H,3H2,1-2H3,(H2,10,11,12,13). The fourth-order valence-corrected chi connectivity index (χ4v) is 1.13. The van der Waals surface area contributed by atoms with Crippen LogP contribution in [0.3, 0.4) is 0 Å². The third-order valence-electron chi connectivity index (χ3n) is 1.78. The normalized spacial score (nSPS) is 12.8. The Labute approximate surface area is 89.3 Å². The van der Waals surface area contributed by atoms with E-state index in [9.17, 15) is 9.90 Å². The summed E-state index contributed by atoms with van der Waals surface area (Å²) >= 11 is 2.91. The molecule has 0 saturated heterocycles. The zero-order chi connectivity index (χ0) is 10.7. The van der Waals surface area contributed by atoms with Gasteiger partial charge in [0.2, 0.25) is 5.88 Å². The topological polar surface area (TPSA) is 75.2 Å². The average molecular weight is 263 g/mol. The van der Waals surface area contributed by atoms with E-state index in [0.717, 1.165) is 0 Å². The average Bonchev–Trinajstić information content (AvgIpc) is 2.14. The van der Waals surface area contributed by atoms with Crippen LogP contribution in [-0.4, -0.2) is 28.3 Å². The van der Waals surface area contributed by atoms with Crippen LogP contribution in [0.4, 0.5) is 0 Å². The Hall–Kier alpha value is -0.880. The Bertz CT molecular complexity index is 377. The highest BCUT2D eigenvalue weighted by Crippen LogP contribution is 2.15. The fraction of sp³-hybridized carbons (Fsp3) is 0.500. The van der Waals surface area contributed by atoms with Crippen molar-refractivity contribution in [2.24, 2.45) is 0 Å². The molecule has 1 atom stereocenters. The lowest BCUT2D eigenvalue weighted by Crippen LogP contribution is -2.17. The van der Waals surface area contributed by atoms with Crippen LogP contribution < -0.4 is 5.56 Å². The highest BCUT2D eigenvalue weighted by molar-refractivity contribution is 9.10. The van der Waals surface area contributed by atoms with Gasteiger partial charge in [-0.3, -0.25) is 4.79 Å². The van der Waals surface area contributed by atoms with E-state index in [-0.39, 0.29) is 16.5 Å². The zero-order valence-corrected chi connectivity index (χ0v) is 9.46. The molecule has 1 aromatic rings. The molecule has 1 unspecified atom stereocenters. The third-order valence-corrected chi connectivity index (χ3v) is 2.49. The molecule has 0 aliphatic heterocycles. The fourth-order valence-electron chi connectivity index (χ4n) is 0.945. The molecule has 14 heavy (non-hydrogen) atoms. The van der Waals surface area contributed by atoms with Crippen molar-refractivity contribution in [1.29, 1.82) is 0 Å². The van der Waals surface area contributed by atoms with Gasteiger partial charge < -0.3 is 14.8 Å². The minimum Gasteiger partial charge on any atom is -0.492 e. The molecule has 0 aliphatic carbocycles. The maximum Gasteiger partial charge on any atom is 0.269 e. The molecule has 78 valence electrons. The zero-order valence-electron chi connectivity index (χ0n) is 7.87. The molecule has 0 saturated carbocycles. The summed E-state index contributed by atoms with van der Waals surface area (Å²) in [5, 5.41) is 9.25. The summed E-state index contributed by atoms with van der Waals surface area (Å²) in [5.74, 6) is 0.108. The van der Waals surface area contributed by atoms with Crippen molar-refractivity contribution in [2.45, 2.75) is 19.4 Å². The molecule has 5 nitrogen and oxygen atoms in total. The molecule has 0 radical (unpaired) electrons. The number of aromatic nitrogens is 2. The Morgan fingerprint density at radius 2 is 2.36 bits per heavy atom. The molecule has 0 aliphatic rings. The second-order valence-corrected chi connectivity index (χ2v) is 3.69. The quantitative estimate of drug-likeness (QED) is 0.846. The van der Waals surface area contributed by atoms with Gasteiger partial charge in [-0.05, 0) is 22.9 Å². The van der Waals surface area contributed by atoms with Gasteiger partial charge in [0.05, 0.1) is 6.10 Å². The molecule has 6 heteroatoms. The molecule has 1 heterocycles. The van der Waals surface area contributed by atoms with E-state index in [4.69, 9.17) is 4.74 Å². The van der Waals surface area contributed by atoms with Gasteiger partial charge in [-0.2, -0.15) is 4.98 Å². The van der Waals surface area contributed by atoms with Gasteiger partial charge in [0, 0.05) is 13.5 Å². The van der Waals surface area contributed by atoms with Crippen molar-refractivity contribution in [1.82, 2.24) is 9.97 Å². The molecule has 0 bridgehead atoms. The summed E-state index contributed by atoms with van der Waals surface area (Å²) in [6, 6.07) is 0. The van der Waals surface area contributed by atoms with Crippen LogP contribution in [0.25, 0.3) is 0 Å². The van der Waals surface area contributed by atoms with Gasteiger partial charge in [-0.15, -0.1) is 0 Å². The van der Waals surface area contributed by atoms with Gasteiger partial charge in [0.25, 0.3) is 5.56 Å². The smallest absolute Gasteiger partial charge is 0.269 e. The van der Waals surface area contributed by atoms with Crippen LogP contribution in [0, 0.1) is 0 Å². The number of halogens is 1. The van der Waals surface area contributed by atoms with E-state index in [2.05, 4.69) is 25.9 Å². The number of nitrogens with zero attached hydrogens (tertiary/aromatic N) is 1. The maximum atomic E-state index is 11.2. The number of methoxy groups -OCH3 is 1. The van der Waals surface area contributed by atoms with E-state index in [1.54, 1.807) is 7.11 Å². The van der Waals surface area contributed by atoms with Gasteiger partial charge in [0.15, 0.2) is 0 Å². The molecular formula is C8H11BrN2O3. The highest BCUT2D eigenvalue weighted by Gasteiger charge is 2.09. The Morgan fingerprint density at radius 1 is 1.71 bits per heavy atom. The molecular weight excluding hydrogens is 252 g/mol. The van der Waals surface area contributed by atoms with Crippen LogP contribution in [-0.2, 0) is 11.2 Å². The van der Waals surface area contributed by atoms with Crippen molar-refractivity contribution in [2.75, 3.05) is 7.11 Å². The summed E-state index contributed by atoms with van der Waals surface area (Å²) in [7, 11) is 1.57. The van der Waals surface area contributed by atoms with Gasteiger partial charge in [0.1, 0.15) is 10.3 Å². The first-order valence-electron chi connectivity index (χ1n) is 4.05.